The summed E-state index contributed by atoms with van der Waals surface area (Å²) in [5.41, 5.74) is 0. The molecule has 2 N–H and O–H groups in total. The van der Waals surface area contributed by atoms with E-state index in [0.717, 1.165) is 12.8 Å². The molecular weight excluding hydrogens is 278 g/mol. The summed E-state index contributed by atoms with van der Waals surface area (Å²) in [4.78, 5) is 4.20. The van der Waals surface area contributed by atoms with Crippen LogP contribution in [0.3, 0.4) is 0 Å². The van der Waals surface area contributed by atoms with Crippen LogP contribution < -0.4 is 10.0 Å². The second-order valence-electron chi connectivity index (χ2n) is 4.24. The average molecular weight is 301 g/mol. The lowest BCUT2D eigenvalue weighted by molar-refractivity contribution is 0.136. The molecule has 0 atom stereocenters. The Morgan fingerprint density at radius 1 is 1.30 bits per heavy atom. The smallest absolute Gasteiger partial charge is 0.244 e. The number of pyridine rings is 1. The lowest BCUT2D eigenvalue weighted by Gasteiger charge is -2.11. The van der Waals surface area contributed by atoms with Gasteiger partial charge in [0.2, 0.25) is 10.0 Å². The summed E-state index contributed by atoms with van der Waals surface area (Å²) in [6.07, 6.45) is 3.61. The topological polar surface area (TPSA) is 80.3 Å². The molecule has 1 heterocycles. The Bertz CT molecular complexity index is 491. The minimum Gasteiger partial charge on any atom is -0.380 e. The third-order valence-electron chi connectivity index (χ3n) is 2.59. The normalized spacial score (nSPS) is 11.5. The highest BCUT2D eigenvalue weighted by molar-refractivity contribution is 7.89. The van der Waals surface area contributed by atoms with E-state index in [2.05, 4.69) is 21.9 Å². The van der Waals surface area contributed by atoms with Gasteiger partial charge in [-0.1, -0.05) is 13.3 Å². The maximum absolute atomic E-state index is 12.2. The molecular formula is C13H23N3O3S. The van der Waals surface area contributed by atoms with E-state index in [0.29, 0.717) is 25.6 Å². The minimum atomic E-state index is -3.56. The van der Waals surface area contributed by atoms with Crippen LogP contribution in [0.2, 0.25) is 0 Å². The fourth-order valence-corrected chi connectivity index (χ4v) is 2.73. The molecule has 0 aromatic carbocycles. The van der Waals surface area contributed by atoms with Crippen molar-refractivity contribution in [3.63, 3.8) is 0 Å². The Balaban J connectivity index is 2.56. The van der Waals surface area contributed by atoms with Gasteiger partial charge in [-0.25, -0.2) is 18.1 Å². The van der Waals surface area contributed by atoms with Crippen LogP contribution in [0, 0.1) is 0 Å². The largest absolute Gasteiger partial charge is 0.380 e. The van der Waals surface area contributed by atoms with Gasteiger partial charge in [-0.15, -0.1) is 0 Å². The zero-order valence-corrected chi connectivity index (χ0v) is 12.9. The van der Waals surface area contributed by atoms with Gasteiger partial charge in [0.1, 0.15) is 10.7 Å². The average Bonchev–Trinajstić information content (AvgIpc) is 2.43. The number of unbranched alkanes of at least 4 members (excludes halogenated alkanes) is 1. The summed E-state index contributed by atoms with van der Waals surface area (Å²) in [5.74, 6) is 0.370. The van der Waals surface area contributed by atoms with Crippen molar-refractivity contribution < 1.29 is 13.2 Å². The monoisotopic (exact) mass is 301 g/mol. The van der Waals surface area contributed by atoms with E-state index in [9.17, 15) is 8.42 Å². The van der Waals surface area contributed by atoms with E-state index in [1.807, 2.05) is 6.92 Å². The number of ether oxygens (including phenoxy) is 1. The van der Waals surface area contributed by atoms with Crippen molar-refractivity contribution in [2.24, 2.45) is 0 Å². The molecule has 0 radical (unpaired) electrons. The van der Waals surface area contributed by atoms with Gasteiger partial charge in [-0.3, -0.25) is 0 Å². The second-order valence-corrected chi connectivity index (χ2v) is 5.98. The summed E-state index contributed by atoms with van der Waals surface area (Å²) in [6.45, 7) is 5.87. The quantitative estimate of drug-likeness (QED) is 0.642. The molecule has 6 nitrogen and oxygen atoms in total. The van der Waals surface area contributed by atoms with Gasteiger partial charge in [0.25, 0.3) is 0 Å². The number of nitrogens with one attached hydrogen (secondary N) is 2. The van der Waals surface area contributed by atoms with Crippen molar-refractivity contribution in [3.8, 4) is 0 Å². The van der Waals surface area contributed by atoms with Gasteiger partial charge in [0, 0.05) is 25.9 Å². The lowest BCUT2D eigenvalue weighted by Crippen LogP contribution is -2.28. The van der Waals surface area contributed by atoms with Crippen molar-refractivity contribution >= 4 is 15.8 Å². The summed E-state index contributed by atoms with van der Waals surface area (Å²) in [6, 6.07) is 3.14. The van der Waals surface area contributed by atoms with Crippen LogP contribution in [0.15, 0.2) is 23.2 Å². The highest BCUT2D eigenvalue weighted by Crippen LogP contribution is 2.17. The van der Waals surface area contributed by atoms with E-state index < -0.39 is 10.0 Å². The van der Waals surface area contributed by atoms with Crippen LogP contribution in [0.4, 0.5) is 5.82 Å². The maximum atomic E-state index is 12.2. The number of hydrogen-bond donors (Lipinski definition) is 2. The second kappa shape index (κ2) is 8.89. The third-order valence-corrected chi connectivity index (χ3v) is 4.08. The zero-order valence-electron chi connectivity index (χ0n) is 12.1. The van der Waals surface area contributed by atoms with Crippen molar-refractivity contribution in [2.75, 3.05) is 31.6 Å². The fraction of sp³-hybridized carbons (Fsp3) is 0.615. The van der Waals surface area contributed by atoms with Crippen molar-refractivity contribution in [1.29, 1.82) is 0 Å². The molecule has 1 rings (SSSR count). The predicted molar refractivity (Wildman–Crippen MR) is 79.3 cm³/mol. The number of anilines is 1. The first-order valence-electron chi connectivity index (χ1n) is 6.88. The van der Waals surface area contributed by atoms with Crippen molar-refractivity contribution in [3.05, 3.63) is 18.3 Å². The third kappa shape index (κ3) is 5.44. The maximum Gasteiger partial charge on any atom is 0.244 e. The van der Waals surface area contributed by atoms with Gasteiger partial charge in [-0.05, 0) is 25.5 Å². The molecule has 0 aliphatic heterocycles. The SMILES string of the molecule is CCCCOCCNS(=O)(=O)c1cccnc1NCC. The Labute approximate surface area is 121 Å². The number of rotatable bonds is 10. The highest BCUT2D eigenvalue weighted by atomic mass is 32.2. The minimum absolute atomic E-state index is 0.162. The van der Waals surface area contributed by atoms with E-state index in [1.54, 1.807) is 12.3 Å². The van der Waals surface area contributed by atoms with Crippen LogP contribution in [0.1, 0.15) is 26.7 Å². The van der Waals surface area contributed by atoms with Crippen molar-refractivity contribution in [1.82, 2.24) is 9.71 Å². The molecule has 1 aromatic heterocycles. The molecule has 0 aliphatic rings. The van der Waals surface area contributed by atoms with E-state index in [4.69, 9.17) is 4.74 Å². The van der Waals surface area contributed by atoms with Gasteiger partial charge in [0.15, 0.2) is 0 Å². The molecule has 0 saturated heterocycles. The molecule has 1 aromatic rings. The zero-order chi connectivity index (χ0) is 14.8. The van der Waals surface area contributed by atoms with Crippen molar-refractivity contribution in [2.45, 2.75) is 31.6 Å². The van der Waals surface area contributed by atoms with Gasteiger partial charge >= 0.3 is 0 Å². The molecule has 0 bridgehead atoms. The van der Waals surface area contributed by atoms with Gasteiger partial charge in [0.05, 0.1) is 6.61 Å². The fourth-order valence-electron chi connectivity index (χ4n) is 1.58. The van der Waals surface area contributed by atoms with Crippen LogP contribution in [-0.4, -0.2) is 39.7 Å². The van der Waals surface area contributed by atoms with Crippen LogP contribution in [-0.2, 0) is 14.8 Å². The number of nitrogens with zero attached hydrogens (tertiary/aromatic N) is 1. The first kappa shape index (κ1) is 16.9. The highest BCUT2D eigenvalue weighted by Gasteiger charge is 2.18. The number of hydrogen-bond acceptors (Lipinski definition) is 5. The molecule has 0 unspecified atom stereocenters. The Morgan fingerprint density at radius 2 is 2.10 bits per heavy atom. The molecule has 0 fully saturated rings. The standard InChI is InChI=1S/C13H23N3O3S/c1-3-5-10-19-11-9-16-20(17,18)12-7-6-8-15-13(12)14-4-2/h6-8,16H,3-5,9-11H2,1-2H3,(H,14,15). The summed E-state index contributed by atoms with van der Waals surface area (Å²) < 4.78 is 32.2. The van der Waals surface area contributed by atoms with Crippen LogP contribution in [0.5, 0.6) is 0 Å². The van der Waals surface area contributed by atoms with E-state index >= 15 is 0 Å². The summed E-state index contributed by atoms with van der Waals surface area (Å²) >= 11 is 0. The molecule has 114 valence electrons. The molecule has 0 aliphatic carbocycles. The Hall–Kier alpha value is -1.18. The predicted octanol–water partition coefficient (Wildman–Crippen LogP) is 1.61. The number of sulfonamides is 1. The van der Waals surface area contributed by atoms with Gasteiger partial charge < -0.3 is 10.1 Å². The first-order valence-corrected chi connectivity index (χ1v) is 8.36. The molecule has 0 saturated carbocycles. The van der Waals surface area contributed by atoms with Crippen LogP contribution >= 0.6 is 0 Å². The molecule has 20 heavy (non-hydrogen) atoms. The summed E-state index contributed by atoms with van der Waals surface area (Å²) in [7, 11) is -3.56. The Morgan fingerprint density at radius 3 is 2.80 bits per heavy atom. The molecule has 0 spiro atoms. The van der Waals surface area contributed by atoms with E-state index in [-0.39, 0.29) is 11.4 Å². The van der Waals surface area contributed by atoms with E-state index in [1.165, 1.54) is 6.07 Å². The summed E-state index contributed by atoms with van der Waals surface area (Å²) in [5, 5.41) is 2.94. The Kier molecular flexibility index (Phi) is 7.50. The molecule has 7 heteroatoms. The first-order chi connectivity index (χ1) is 9.61. The number of aromatic nitrogens is 1. The van der Waals surface area contributed by atoms with Gasteiger partial charge in [-0.2, -0.15) is 0 Å². The lowest BCUT2D eigenvalue weighted by atomic mass is 10.4. The van der Waals surface area contributed by atoms with Crippen LogP contribution in [0.25, 0.3) is 0 Å². The molecule has 0 amide bonds.